The molecule has 0 radical (unpaired) electrons. The minimum absolute atomic E-state index is 0.0161. The molecule has 1 aromatic carbocycles. The second kappa shape index (κ2) is 7.98. The first-order chi connectivity index (χ1) is 11.3. The van der Waals surface area contributed by atoms with Gasteiger partial charge in [-0.1, -0.05) is 37.3 Å². The maximum Gasteiger partial charge on any atom is 0.415 e. The highest BCUT2D eigenvalue weighted by Gasteiger charge is 2.39. The maximum atomic E-state index is 12.4. The lowest BCUT2D eigenvalue weighted by Crippen LogP contribution is -2.52. The van der Waals surface area contributed by atoms with Crippen molar-refractivity contribution in [3.8, 4) is 0 Å². The van der Waals surface area contributed by atoms with Crippen LogP contribution in [0.5, 0.6) is 0 Å². The van der Waals surface area contributed by atoms with Gasteiger partial charge in [0, 0.05) is 39.1 Å². The number of aliphatic hydroxyl groups excluding tert-OH is 1. The number of halogens is 3. The molecule has 1 heterocycles. The molecule has 1 aromatic rings. The Morgan fingerprint density at radius 2 is 1.75 bits per heavy atom. The van der Waals surface area contributed by atoms with E-state index < -0.39 is 18.8 Å². The van der Waals surface area contributed by atoms with Gasteiger partial charge in [-0.2, -0.15) is 13.2 Å². The zero-order valence-corrected chi connectivity index (χ0v) is 13.7. The molecule has 1 fully saturated rings. The molecule has 0 bridgehead atoms. The van der Waals surface area contributed by atoms with Crippen LogP contribution < -0.4 is 0 Å². The van der Waals surface area contributed by atoms with Gasteiger partial charge >= 0.3 is 6.18 Å². The lowest BCUT2D eigenvalue weighted by molar-refractivity contribution is -0.209. The maximum absolute atomic E-state index is 12.4. The van der Waals surface area contributed by atoms with Crippen LogP contribution in [0.1, 0.15) is 24.8 Å². The van der Waals surface area contributed by atoms with Crippen LogP contribution in [0, 0.1) is 0 Å². The fraction of sp³-hybridized carbons (Fsp3) is 0.588. The van der Waals surface area contributed by atoms with Gasteiger partial charge in [-0.3, -0.25) is 9.69 Å². The first-order valence-corrected chi connectivity index (χ1v) is 8.07. The van der Waals surface area contributed by atoms with E-state index in [4.69, 9.17) is 5.11 Å². The second-order valence-corrected chi connectivity index (χ2v) is 6.25. The van der Waals surface area contributed by atoms with Crippen molar-refractivity contribution in [2.24, 2.45) is 0 Å². The third kappa shape index (κ3) is 5.21. The van der Waals surface area contributed by atoms with Crippen LogP contribution in [0.4, 0.5) is 13.2 Å². The highest BCUT2D eigenvalue weighted by Crippen LogP contribution is 2.22. The van der Waals surface area contributed by atoms with Gasteiger partial charge in [0.15, 0.2) is 6.10 Å². The summed E-state index contributed by atoms with van der Waals surface area (Å²) in [5.74, 6) is 0.117. The second-order valence-electron chi connectivity index (χ2n) is 6.25. The predicted molar refractivity (Wildman–Crippen MR) is 84.6 cm³/mol. The van der Waals surface area contributed by atoms with Crippen molar-refractivity contribution < 1.29 is 23.1 Å². The number of amides is 1. The van der Waals surface area contributed by atoms with Crippen LogP contribution in [0.15, 0.2) is 30.3 Å². The number of hydrogen-bond donors (Lipinski definition) is 1. The molecule has 24 heavy (non-hydrogen) atoms. The van der Waals surface area contributed by atoms with Crippen molar-refractivity contribution in [3.05, 3.63) is 35.9 Å². The Balaban J connectivity index is 1.78. The molecule has 0 aromatic heterocycles. The number of nitrogens with zero attached hydrogens (tertiary/aromatic N) is 2. The average molecular weight is 344 g/mol. The molecule has 2 atom stereocenters. The summed E-state index contributed by atoms with van der Waals surface area (Å²) >= 11 is 0. The third-order valence-electron chi connectivity index (χ3n) is 4.38. The molecule has 1 saturated heterocycles. The Labute approximate surface area is 139 Å². The minimum Gasteiger partial charge on any atom is -0.382 e. The van der Waals surface area contributed by atoms with Gasteiger partial charge in [-0.25, -0.2) is 0 Å². The number of piperazine rings is 1. The summed E-state index contributed by atoms with van der Waals surface area (Å²) in [5, 5.41) is 9.11. The summed E-state index contributed by atoms with van der Waals surface area (Å²) in [4.78, 5) is 15.6. The van der Waals surface area contributed by atoms with Crippen molar-refractivity contribution >= 4 is 5.91 Å². The molecule has 1 aliphatic rings. The van der Waals surface area contributed by atoms with E-state index in [0.717, 1.165) is 5.56 Å². The molecular weight excluding hydrogens is 321 g/mol. The fourth-order valence-corrected chi connectivity index (χ4v) is 2.82. The molecule has 4 nitrogen and oxygen atoms in total. The van der Waals surface area contributed by atoms with Crippen molar-refractivity contribution in [1.82, 2.24) is 9.80 Å². The zero-order valence-electron chi connectivity index (χ0n) is 13.7. The Morgan fingerprint density at radius 3 is 2.29 bits per heavy atom. The van der Waals surface area contributed by atoms with Crippen molar-refractivity contribution in [3.63, 3.8) is 0 Å². The monoisotopic (exact) mass is 344 g/mol. The smallest absolute Gasteiger partial charge is 0.382 e. The van der Waals surface area contributed by atoms with E-state index in [-0.39, 0.29) is 11.8 Å². The highest BCUT2D eigenvalue weighted by molar-refractivity contribution is 5.77. The summed E-state index contributed by atoms with van der Waals surface area (Å²) in [6.07, 6.45) is -6.55. The summed E-state index contributed by atoms with van der Waals surface area (Å²) in [5.41, 5.74) is 1.10. The highest BCUT2D eigenvalue weighted by atomic mass is 19.4. The first-order valence-electron chi connectivity index (χ1n) is 8.07. The molecule has 1 amide bonds. The zero-order chi connectivity index (χ0) is 17.7. The summed E-state index contributed by atoms with van der Waals surface area (Å²) in [7, 11) is 0. The van der Waals surface area contributed by atoms with Crippen LogP contribution in [0.3, 0.4) is 0 Å². The van der Waals surface area contributed by atoms with Crippen LogP contribution in [0.2, 0.25) is 0 Å². The Kier molecular flexibility index (Phi) is 6.23. The normalized spacial score (nSPS) is 19.1. The van der Waals surface area contributed by atoms with Crippen molar-refractivity contribution in [2.75, 3.05) is 32.7 Å². The molecular formula is C17H23F3N2O2. The Hall–Kier alpha value is -1.60. The van der Waals surface area contributed by atoms with Gasteiger partial charge in [-0.15, -0.1) is 0 Å². The van der Waals surface area contributed by atoms with Gasteiger partial charge in [-0.05, 0) is 11.5 Å². The molecule has 7 heteroatoms. The SMILES string of the molecule is C[C@H](CC(=O)N1CCN(C[C@@H](O)C(F)(F)F)CC1)c1ccccc1. The number of alkyl halides is 3. The summed E-state index contributed by atoms with van der Waals surface area (Å²) in [6, 6.07) is 9.75. The van der Waals surface area contributed by atoms with Gasteiger partial charge in [0.25, 0.3) is 0 Å². The predicted octanol–water partition coefficient (Wildman–Crippen LogP) is 2.25. The Morgan fingerprint density at radius 1 is 1.17 bits per heavy atom. The van der Waals surface area contributed by atoms with Gasteiger partial charge in [0.1, 0.15) is 0 Å². The average Bonchev–Trinajstić information content (AvgIpc) is 2.55. The molecule has 0 aliphatic carbocycles. The minimum atomic E-state index is -4.60. The quantitative estimate of drug-likeness (QED) is 0.891. The van der Waals surface area contributed by atoms with Crippen LogP contribution in [0.25, 0.3) is 0 Å². The number of aliphatic hydroxyl groups is 1. The lowest BCUT2D eigenvalue weighted by atomic mass is 9.97. The number of hydrogen-bond acceptors (Lipinski definition) is 3. The van der Waals surface area contributed by atoms with Crippen LogP contribution in [-0.4, -0.2) is 65.8 Å². The third-order valence-corrected chi connectivity index (χ3v) is 4.38. The lowest BCUT2D eigenvalue weighted by Gasteiger charge is -2.36. The van der Waals surface area contributed by atoms with Crippen LogP contribution >= 0.6 is 0 Å². The number of β-amino-alcohol motifs (C(OH)–C–C–N with tert-alkyl or cyclic N) is 1. The standard InChI is InChI=1S/C17H23F3N2O2/c1-13(14-5-3-2-4-6-14)11-16(24)22-9-7-21(8-10-22)12-15(23)17(18,19)20/h2-6,13,15,23H,7-12H2,1H3/t13-,15-/m1/s1. The molecule has 0 spiro atoms. The number of benzene rings is 1. The largest absolute Gasteiger partial charge is 0.415 e. The van der Waals surface area contributed by atoms with E-state index in [1.165, 1.54) is 0 Å². The van der Waals surface area contributed by atoms with E-state index in [1.807, 2.05) is 37.3 Å². The molecule has 134 valence electrons. The Bertz CT molecular complexity index is 528. The van der Waals surface area contributed by atoms with Crippen molar-refractivity contribution in [2.45, 2.75) is 31.5 Å². The summed E-state index contributed by atoms with van der Waals surface area (Å²) < 4.78 is 37.1. The van der Waals surface area contributed by atoms with E-state index in [2.05, 4.69) is 0 Å². The number of carbonyl (C=O) groups is 1. The van der Waals surface area contributed by atoms with E-state index in [9.17, 15) is 18.0 Å². The molecule has 0 saturated carbocycles. The van der Waals surface area contributed by atoms with Gasteiger partial charge in [0.2, 0.25) is 5.91 Å². The van der Waals surface area contributed by atoms with E-state index >= 15 is 0 Å². The number of rotatable bonds is 5. The van der Waals surface area contributed by atoms with Crippen molar-refractivity contribution in [1.29, 1.82) is 0 Å². The van der Waals surface area contributed by atoms with Gasteiger partial charge < -0.3 is 10.0 Å². The first kappa shape index (κ1) is 18.7. The molecule has 1 N–H and O–H groups in total. The topological polar surface area (TPSA) is 43.8 Å². The van der Waals surface area contributed by atoms with Crippen LogP contribution in [-0.2, 0) is 4.79 Å². The van der Waals surface area contributed by atoms with E-state index in [0.29, 0.717) is 32.6 Å². The van der Waals surface area contributed by atoms with E-state index in [1.54, 1.807) is 9.80 Å². The van der Waals surface area contributed by atoms with Gasteiger partial charge in [0.05, 0.1) is 0 Å². The summed E-state index contributed by atoms with van der Waals surface area (Å²) in [6.45, 7) is 3.03. The molecule has 1 aliphatic heterocycles. The molecule has 2 rings (SSSR count). The number of carbonyl (C=O) groups excluding carboxylic acids is 1. The molecule has 0 unspecified atom stereocenters. The fourth-order valence-electron chi connectivity index (χ4n) is 2.82.